The van der Waals surface area contributed by atoms with Crippen molar-refractivity contribution in [3.05, 3.63) is 45.7 Å². The zero-order chi connectivity index (χ0) is 26.5. The van der Waals surface area contributed by atoms with E-state index in [0.29, 0.717) is 17.9 Å². The van der Waals surface area contributed by atoms with Gasteiger partial charge in [0, 0.05) is 49.8 Å². The third-order valence-corrected chi connectivity index (χ3v) is 7.79. The molecule has 1 aromatic heterocycles. The van der Waals surface area contributed by atoms with Gasteiger partial charge in [0.25, 0.3) is 5.91 Å². The molecule has 0 radical (unpaired) electrons. The predicted molar refractivity (Wildman–Crippen MR) is 148 cm³/mol. The van der Waals surface area contributed by atoms with Gasteiger partial charge in [-0.2, -0.15) is 0 Å². The Morgan fingerprint density at radius 3 is 2.51 bits per heavy atom. The van der Waals surface area contributed by atoms with E-state index in [1.165, 1.54) is 5.56 Å². The highest BCUT2D eigenvalue weighted by Gasteiger charge is 2.34. The number of piperidine rings is 1. The molecular formula is C26H37Cl2N7O2. The van der Waals surface area contributed by atoms with Crippen LogP contribution < -0.4 is 16.0 Å². The Morgan fingerprint density at radius 2 is 1.86 bits per heavy atom. The number of halogens is 2. The molecule has 202 valence electrons. The summed E-state index contributed by atoms with van der Waals surface area (Å²) in [5, 5.41) is 12.9. The monoisotopic (exact) mass is 549 g/mol. The lowest BCUT2D eigenvalue weighted by Crippen LogP contribution is -2.58. The number of carbonyl (C=O) groups excluding carboxylic acids is 1. The van der Waals surface area contributed by atoms with Crippen molar-refractivity contribution < 1.29 is 9.90 Å². The average molecular weight is 551 g/mol. The Hall–Kier alpha value is -2.17. The fourth-order valence-electron chi connectivity index (χ4n) is 5.27. The Balaban J connectivity index is 1.35. The first-order chi connectivity index (χ1) is 17.7. The molecule has 1 aromatic carbocycles. The second kappa shape index (κ2) is 12.6. The van der Waals surface area contributed by atoms with Gasteiger partial charge >= 0.3 is 0 Å². The van der Waals surface area contributed by atoms with Crippen LogP contribution in [0.5, 0.6) is 0 Å². The number of nitrogen functional groups attached to an aromatic ring is 1. The van der Waals surface area contributed by atoms with Crippen LogP contribution in [0.4, 0.5) is 11.6 Å². The van der Waals surface area contributed by atoms with Crippen LogP contribution in [0.1, 0.15) is 49.2 Å². The number of nitrogens with two attached hydrogens (primary N) is 1. The summed E-state index contributed by atoms with van der Waals surface area (Å²) in [6, 6.07) is 9.06. The molecule has 2 saturated heterocycles. The summed E-state index contributed by atoms with van der Waals surface area (Å²) < 4.78 is 0. The Kier molecular flexibility index (Phi) is 9.47. The van der Waals surface area contributed by atoms with Gasteiger partial charge in [-0.15, -0.1) is 0 Å². The quantitative estimate of drug-likeness (QED) is 0.460. The topological polar surface area (TPSA) is 111 Å². The van der Waals surface area contributed by atoms with E-state index < -0.39 is 12.0 Å². The fraction of sp³-hybridized carbons (Fsp3) is 0.577. The number of aromatic nitrogens is 2. The Bertz CT molecular complexity index is 1060. The number of aliphatic hydroxyl groups is 1. The highest BCUT2D eigenvalue weighted by atomic mass is 35.5. The average Bonchev–Trinajstić information content (AvgIpc) is 2.89. The molecule has 4 rings (SSSR count). The van der Waals surface area contributed by atoms with Crippen LogP contribution in [0.2, 0.25) is 10.2 Å². The number of hydrogen-bond acceptors (Lipinski definition) is 8. The lowest BCUT2D eigenvalue weighted by atomic mass is 9.98. The first kappa shape index (κ1) is 27.9. The maximum atomic E-state index is 12.4. The van der Waals surface area contributed by atoms with Crippen molar-refractivity contribution in [3.8, 4) is 0 Å². The van der Waals surface area contributed by atoms with Crippen molar-refractivity contribution in [2.75, 3.05) is 49.9 Å². The van der Waals surface area contributed by atoms with Crippen molar-refractivity contribution in [2.45, 2.75) is 57.8 Å². The van der Waals surface area contributed by atoms with Gasteiger partial charge in [-0.3, -0.25) is 14.6 Å². The Morgan fingerprint density at radius 1 is 1.16 bits per heavy atom. The summed E-state index contributed by atoms with van der Waals surface area (Å²) in [4.78, 5) is 28.4. The summed E-state index contributed by atoms with van der Waals surface area (Å²) >= 11 is 12.5. The van der Waals surface area contributed by atoms with Crippen LogP contribution in [0, 0.1) is 0 Å². The van der Waals surface area contributed by atoms with Crippen LogP contribution >= 0.6 is 23.2 Å². The summed E-state index contributed by atoms with van der Waals surface area (Å²) in [7, 11) is 0. The minimum atomic E-state index is -0.675. The largest absolute Gasteiger partial charge is 0.392 e. The lowest BCUT2D eigenvalue weighted by molar-refractivity contribution is 0.0610. The van der Waals surface area contributed by atoms with E-state index in [9.17, 15) is 9.90 Å². The molecule has 3 heterocycles. The molecule has 0 saturated carbocycles. The number of likely N-dealkylation sites (tertiary alicyclic amines) is 1. The van der Waals surface area contributed by atoms with Gasteiger partial charge in [0.05, 0.1) is 6.10 Å². The van der Waals surface area contributed by atoms with Gasteiger partial charge in [-0.25, -0.2) is 9.97 Å². The number of nitrogens with zero attached hydrogens (tertiary/aromatic N) is 5. The number of aliphatic hydroxyl groups excluding tert-OH is 1. The third-order valence-electron chi connectivity index (χ3n) is 7.28. The van der Waals surface area contributed by atoms with Gasteiger partial charge < -0.3 is 21.1 Å². The number of benzene rings is 1. The van der Waals surface area contributed by atoms with Gasteiger partial charge in [0.1, 0.15) is 0 Å². The molecular weight excluding hydrogens is 513 g/mol. The molecule has 1 unspecified atom stereocenters. The van der Waals surface area contributed by atoms with Crippen LogP contribution in [-0.4, -0.2) is 88.2 Å². The van der Waals surface area contributed by atoms with Crippen molar-refractivity contribution in [1.29, 1.82) is 0 Å². The van der Waals surface area contributed by atoms with Crippen LogP contribution in [0.25, 0.3) is 0 Å². The molecule has 2 fully saturated rings. The maximum absolute atomic E-state index is 12.4. The lowest BCUT2D eigenvalue weighted by Gasteiger charge is -2.47. The van der Waals surface area contributed by atoms with E-state index in [1.807, 2.05) is 12.1 Å². The van der Waals surface area contributed by atoms with E-state index in [-0.39, 0.29) is 23.2 Å². The van der Waals surface area contributed by atoms with Gasteiger partial charge in [-0.1, -0.05) is 42.3 Å². The molecule has 1 amide bonds. The van der Waals surface area contributed by atoms with Crippen LogP contribution in [0.15, 0.2) is 24.3 Å². The van der Waals surface area contributed by atoms with Crippen LogP contribution in [0.3, 0.4) is 0 Å². The van der Waals surface area contributed by atoms with Crippen molar-refractivity contribution in [2.24, 2.45) is 0 Å². The molecule has 2 atom stereocenters. The summed E-state index contributed by atoms with van der Waals surface area (Å²) in [6.07, 6.45) is 2.63. The molecule has 11 heteroatoms. The second-order valence-corrected chi connectivity index (χ2v) is 10.8. The number of amides is 1. The standard InChI is InChI=1S/C26H37Cl2N7O2/c1-3-20-16-34(25-23(28)31-22(24(29)32-25)26(37)30-14-17(2)36)12-13-35(20)21-8-10-33(11-9-21)15-18-4-6-19(27)7-5-18/h4-7,17,20-21,36H,3,8-16H2,1-2H3,(H2,29,32)(H,30,37)/t17?,20-/m0/s1. The van der Waals surface area contributed by atoms with Gasteiger partial charge in [0.2, 0.25) is 0 Å². The molecule has 4 N–H and O–H groups in total. The number of nitrogens with one attached hydrogen (secondary N) is 1. The molecule has 2 aliphatic heterocycles. The number of hydrogen-bond donors (Lipinski definition) is 3. The Labute approximate surface area is 228 Å². The van der Waals surface area contributed by atoms with E-state index in [4.69, 9.17) is 28.9 Å². The maximum Gasteiger partial charge on any atom is 0.273 e. The first-order valence-electron chi connectivity index (χ1n) is 13.0. The highest BCUT2D eigenvalue weighted by Crippen LogP contribution is 2.30. The first-order valence-corrected chi connectivity index (χ1v) is 13.8. The van der Waals surface area contributed by atoms with E-state index >= 15 is 0 Å². The van der Waals surface area contributed by atoms with E-state index in [2.05, 4.69) is 49.0 Å². The number of rotatable bonds is 8. The summed E-state index contributed by atoms with van der Waals surface area (Å²) in [6.45, 7) is 9.47. The molecule has 0 aliphatic carbocycles. The summed E-state index contributed by atoms with van der Waals surface area (Å²) in [5.41, 5.74) is 7.36. The highest BCUT2D eigenvalue weighted by molar-refractivity contribution is 6.32. The molecule has 0 bridgehead atoms. The molecule has 2 aliphatic rings. The normalized spacial score (nSPS) is 20.7. The smallest absolute Gasteiger partial charge is 0.273 e. The zero-order valence-electron chi connectivity index (χ0n) is 21.5. The number of anilines is 2. The zero-order valence-corrected chi connectivity index (χ0v) is 23.0. The molecule has 0 spiro atoms. The fourth-order valence-corrected chi connectivity index (χ4v) is 5.65. The summed E-state index contributed by atoms with van der Waals surface area (Å²) in [5.74, 6) is 0.0474. The van der Waals surface area contributed by atoms with Crippen LogP contribution in [-0.2, 0) is 6.54 Å². The second-order valence-electron chi connectivity index (χ2n) is 10.0. The van der Waals surface area contributed by atoms with Crippen molar-refractivity contribution >= 4 is 40.7 Å². The number of carbonyl (C=O) groups is 1. The van der Waals surface area contributed by atoms with E-state index in [0.717, 1.165) is 63.6 Å². The van der Waals surface area contributed by atoms with Crippen molar-refractivity contribution in [1.82, 2.24) is 25.1 Å². The SMILES string of the molecule is CC[C@H]1CN(c2nc(N)c(C(=O)NCC(C)O)nc2Cl)CCN1C1CCN(Cc2ccc(Cl)cc2)CC1. The molecule has 9 nitrogen and oxygen atoms in total. The number of piperazine rings is 1. The minimum absolute atomic E-state index is 0.0227. The van der Waals surface area contributed by atoms with Crippen molar-refractivity contribution in [3.63, 3.8) is 0 Å². The molecule has 2 aromatic rings. The van der Waals surface area contributed by atoms with E-state index in [1.54, 1.807) is 6.92 Å². The molecule has 37 heavy (non-hydrogen) atoms. The van der Waals surface area contributed by atoms with Gasteiger partial charge in [0.15, 0.2) is 22.5 Å². The van der Waals surface area contributed by atoms with Gasteiger partial charge in [-0.05, 0) is 57.0 Å². The third kappa shape index (κ3) is 7.03. The predicted octanol–water partition coefficient (Wildman–Crippen LogP) is 3.04. The minimum Gasteiger partial charge on any atom is -0.392 e.